The molecular weight excluding hydrogens is 742 g/mol. The van der Waals surface area contributed by atoms with Gasteiger partial charge >= 0.3 is 6.72 Å². The topological polar surface area (TPSA) is 198 Å². The van der Waals surface area contributed by atoms with Crippen LogP contribution in [0.4, 0.5) is 14.7 Å². The Bertz CT molecular complexity index is 2010. The highest BCUT2D eigenvalue weighted by atomic mass is 32.5. The molecule has 2 fully saturated rings. The van der Waals surface area contributed by atoms with Gasteiger partial charge in [0.05, 0.1) is 37.7 Å². The standard InChI is InChI=1S/C27H33F2N9O8P2S2/c1-40-48(39,50)43-10-17-21-18(29)26(45-17)38-13-34-20-23(38)35-27(30)36-24(20)41-7-5-3-4-6-16-19-22(32-11-31-16)37(12-33-19)25-15(28)8-14(44-25)9-42-47(2,49)46-21/h3,5,11-15,17-18,21,25-26H,4,6-10H2,1-2H3,(H,39,50)(H2,30,35,36)/b5-3+/t14-,15+,17+,18+,21+,25+,26+,47?,48?/m0/s1. The number of hydrogen-bond donors (Lipinski definition) is 2. The maximum atomic E-state index is 16.5. The monoisotopic (exact) mass is 775 g/mol. The lowest BCUT2D eigenvalue weighted by molar-refractivity contribution is -0.0433. The average molecular weight is 776 g/mol. The normalized spacial score (nSPS) is 32.6. The fraction of sp³-hybridized carbons (Fsp3) is 0.556. The smallest absolute Gasteiger partial charge is 0.324 e. The van der Waals surface area contributed by atoms with E-state index in [0.717, 1.165) is 0 Å². The first-order chi connectivity index (χ1) is 23.9. The molecule has 0 aromatic carbocycles. The third kappa shape index (κ3) is 7.31. The van der Waals surface area contributed by atoms with Crippen LogP contribution in [0.15, 0.2) is 31.1 Å². The first-order valence-corrected chi connectivity index (χ1v) is 21.1. The summed E-state index contributed by atoms with van der Waals surface area (Å²) in [6.45, 7) is -5.84. The van der Waals surface area contributed by atoms with Crippen LogP contribution in [0.5, 0.6) is 5.88 Å². The largest absolute Gasteiger partial charge is 0.472 e. The van der Waals surface area contributed by atoms with Crippen LogP contribution in [0, 0.1) is 0 Å². The number of aryl methyl sites for hydroxylation is 1. The van der Waals surface area contributed by atoms with Crippen LogP contribution in [0.1, 0.15) is 31.0 Å². The zero-order chi connectivity index (χ0) is 35.2. The summed E-state index contributed by atoms with van der Waals surface area (Å²) in [4.78, 5) is 36.2. The molecule has 4 aromatic heterocycles. The molecule has 0 saturated carbocycles. The second kappa shape index (κ2) is 14.4. The Morgan fingerprint density at radius 2 is 1.86 bits per heavy atom. The van der Waals surface area contributed by atoms with Crippen molar-refractivity contribution in [3.05, 3.63) is 36.8 Å². The first kappa shape index (κ1) is 35.7. The van der Waals surface area contributed by atoms with Gasteiger partial charge in [0.25, 0.3) is 0 Å². The molecule has 3 N–H and O–H groups in total. The van der Waals surface area contributed by atoms with Crippen molar-refractivity contribution in [3.63, 3.8) is 0 Å². The molecule has 0 radical (unpaired) electrons. The number of imidazole rings is 2. The number of rotatable bonds is 4. The molecule has 270 valence electrons. The van der Waals surface area contributed by atoms with Gasteiger partial charge in [-0.25, -0.2) is 28.7 Å². The van der Waals surface area contributed by atoms with Gasteiger partial charge in [0.15, 0.2) is 41.9 Å². The van der Waals surface area contributed by atoms with E-state index in [0.29, 0.717) is 29.7 Å². The number of nitrogens with zero attached hydrogens (tertiary/aromatic N) is 8. The minimum atomic E-state index is -3.66. The predicted molar refractivity (Wildman–Crippen MR) is 181 cm³/mol. The van der Waals surface area contributed by atoms with E-state index in [2.05, 4.69) is 29.9 Å². The highest BCUT2D eigenvalue weighted by Gasteiger charge is 2.50. The first-order valence-electron chi connectivity index (χ1n) is 15.4. The molecule has 4 aromatic rings. The Hall–Kier alpha value is -2.68. The third-order valence-corrected chi connectivity index (χ3v) is 11.8. The van der Waals surface area contributed by atoms with Gasteiger partial charge < -0.3 is 42.9 Å². The lowest BCUT2D eigenvalue weighted by Gasteiger charge is -2.27. The van der Waals surface area contributed by atoms with Crippen LogP contribution in [0.2, 0.25) is 0 Å². The van der Waals surface area contributed by atoms with Gasteiger partial charge in [-0.2, -0.15) is 9.97 Å². The Kier molecular flexibility index (Phi) is 10.3. The summed E-state index contributed by atoms with van der Waals surface area (Å²) in [5.74, 6) is -0.0607. The molecule has 0 aliphatic carbocycles. The molecule has 3 aliphatic heterocycles. The predicted octanol–water partition coefficient (Wildman–Crippen LogP) is 3.21. The summed E-state index contributed by atoms with van der Waals surface area (Å²) in [6, 6.07) is 0. The van der Waals surface area contributed by atoms with Gasteiger partial charge in [-0.1, -0.05) is 12.2 Å². The number of allylic oxidation sites excluding steroid dienone is 1. The van der Waals surface area contributed by atoms with Crippen molar-refractivity contribution in [1.29, 1.82) is 0 Å². The van der Waals surface area contributed by atoms with Crippen LogP contribution >= 0.6 is 13.2 Å². The molecule has 7 heterocycles. The summed E-state index contributed by atoms with van der Waals surface area (Å²) >= 11 is 10.6. The fourth-order valence-electron chi connectivity index (χ4n) is 5.92. The number of anilines is 1. The molecule has 9 atom stereocenters. The van der Waals surface area contributed by atoms with Crippen LogP contribution in [-0.4, -0.2) is 108 Å². The molecule has 0 amide bonds. The Labute approximate surface area is 293 Å². The van der Waals surface area contributed by atoms with Gasteiger partial charge in [0.2, 0.25) is 11.8 Å². The highest BCUT2D eigenvalue weighted by molar-refractivity contribution is 8.09. The van der Waals surface area contributed by atoms with E-state index >= 15 is 8.78 Å². The zero-order valence-electron chi connectivity index (χ0n) is 26.6. The van der Waals surface area contributed by atoms with Gasteiger partial charge in [-0.3, -0.25) is 9.13 Å². The Morgan fingerprint density at radius 3 is 2.66 bits per heavy atom. The number of fused-ring (bicyclic) bond motifs is 6. The Morgan fingerprint density at radius 1 is 1.08 bits per heavy atom. The Balaban J connectivity index is 1.22. The molecule has 12 bridgehead atoms. The summed E-state index contributed by atoms with van der Waals surface area (Å²) < 4.78 is 75.1. The quantitative estimate of drug-likeness (QED) is 0.226. The maximum absolute atomic E-state index is 16.5. The summed E-state index contributed by atoms with van der Waals surface area (Å²) in [7, 11) is 1.19. The zero-order valence-corrected chi connectivity index (χ0v) is 30.0. The number of nitrogens with two attached hydrogens (primary N) is 1. The number of aromatic nitrogens is 8. The number of ether oxygens (including phenoxy) is 3. The van der Waals surface area contributed by atoms with E-state index in [1.807, 2.05) is 6.08 Å². The minimum Gasteiger partial charge on any atom is -0.472 e. The van der Waals surface area contributed by atoms with Crippen molar-refractivity contribution in [2.24, 2.45) is 0 Å². The minimum absolute atomic E-state index is 0.000110. The van der Waals surface area contributed by atoms with Gasteiger partial charge in [0, 0.05) is 20.2 Å². The van der Waals surface area contributed by atoms with Crippen molar-refractivity contribution in [2.75, 3.05) is 39.3 Å². The summed E-state index contributed by atoms with van der Waals surface area (Å²) in [5.41, 5.74) is 8.02. The molecule has 50 heavy (non-hydrogen) atoms. The lowest BCUT2D eigenvalue weighted by atomic mass is 10.1. The van der Waals surface area contributed by atoms with E-state index in [4.69, 9.17) is 61.7 Å². The molecule has 17 nitrogen and oxygen atoms in total. The van der Waals surface area contributed by atoms with E-state index in [-0.39, 0.29) is 42.6 Å². The molecular formula is C27H33F2N9O8P2S2. The summed E-state index contributed by atoms with van der Waals surface area (Å²) in [5, 5.41) is 0. The van der Waals surface area contributed by atoms with Crippen molar-refractivity contribution in [3.8, 4) is 5.88 Å². The second-order valence-corrected chi connectivity index (χ2v) is 18.6. The van der Waals surface area contributed by atoms with Crippen molar-refractivity contribution >= 4 is 65.1 Å². The molecule has 2 saturated heterocycles. The van der Waals surface area contributed by atoms with Crippen LogP contribution in [-0.2, 0) is 57.6 Å². The lowest BCUT2D eigenvalue weighted by Crippen LogP contribution is -2.34. The molecule has 2 unspecified atom stereocenters. The number of nitrogen functional groups attached to an aromatic ring is 1. The average Bonchev–Trinajstić information content (AvgIpc) is 3.85. The van der Waals surface area contributed by atoms with Crippen LogP contribution in [0.3, 0.4) is 0 Å². The molecule has 3 aliphatic rings. The van der Waals surface area contributed by atoms with Crippen molar-refractivity contribution in [2.45, 2.75) is 62.4 Å². The molecule has 7 rings (SSSR count). The molecule has 0 spiro atoms. The van der Waals surface area contributed by atoms with Crippen LogP contribution in [0.25, 0.3) is 22.3 Å². The second-order valence-electron chi connectivity index (χ2n) is 11.7. The highest BCUT2D eigenvalue weighted by Crippen LogP contribution is 2.52. The number of halogens is 2. The van der Waals surface area contributed by atoms with Gasteiger partial charge in [-0.15, -0.1) is 0 Å². The fourth-order valence-corrected chi connectivity index (χ4v) is 8.21. The van der Waals surface area contributed by atoms with Gasteiger partial charge in [0.1, 0.15) is 36.8 Å². The number of hydrogen-bond acceptors (Lipinski definition) is 16. The van der Waals surface area contributed by atoms with E-state index in [1.54, 1.807) is 6.08 Å². The molecule has 23 heteroatoms. The SMILES string of the molecule is COP(O)(=S)OC[C@H]1O[C@@H]2[C@H](F)[C@@H]1OP(C)(=S)OC[C@@H]1C[C@@H](F)[C@@H](O1)n1cnc3c(ncnc31)CC/C=C/COc1nc(N)nc3c1ncn32. The van der Waals surface area contributed by atoms with Crippen molar-refractivity contribution < 1.29 is 46.0 Å². The van der Waals surface area contributed by atoms with Crippen molar-refractivity contribution in [1.82, 2.24) is 39.0 Å². The van der Waals surface area contributed by atoms with Crippen LogP contribution < -0.4 is 10.5 Å². The van der Waals surface area contributed by atoms with Gasteiger partial charge in [-0.05, 0) is 36.5 Å². The number of alkyl halides is 2. The maximum Gasteiger partial charge on any atom is 0.324 e. The van der Waals surface area contributed by atoms with E-state index < -0.39 is 62.9 Å². The third-order valence-electron chi connectivity index (χ3n) is 8.26. The van der Waals surface area contributed by atoms with E-state index in [9.17, 15) is 4.89 Å². The summed E-state index contributed by atoms with van der Waals surface area (Å²) in [6.07, 6.45) is 0.115. The van der Waals surface area contributed by atoms with E-state index in [1.165, 1.54) is 41.9 Å².